The van der Waals surface area contributed by atoms with Gasteiger partial charge in [-0.2, -0.15) is 5.10 Å². The number of rotatable bonds is 4. The summed E-state index contributed by atoms with van der Waals surface area (Å²) in [6.45, 7) is 6.02. The van der Waals surface area contributed by atoms with Crippen LogP contribution < -0.4 is 5.32 Å². The van der Waals surface area contributed by atoms with E-state index in [4.69, 9.17) is 0 Å². The van der Waals surface area contributed by atoms with Crippen LogP contribution in [0.2, 0.25) is 0 Å². The summed E-state index contributed by atoms with van der Waals surface area (Å²) in [5.41, 5.74) is 1.77. The lowest BCUT2D eigenvalue weighted by Crippen LogP contribution is -2.39. The molecule has 0 aliphatic heterocycles. The van der Waals surface area contributed by atoms with Crippen LogP contribution in [-0.4, -0.2) is 33.4 Å². The second-order valence-corrected chi connectivity index (χ2v) is 6.52. The fraction of sp³-hybridized carbons (Fsp3) is 0.412. The van der Waals surface area contributed by atoms with Crippen LogP contribution in [0.15, 0.2) is 36.5 Å². The number of aliphatic hydroxyl groups excluding tert-OH is 1. The van der Waals surface area contributed by atoms with Crippen molar-refractivity contribution in [3.05, 3.63) is 42.1 Å². The molecule has 1 aromatic carbocycles. The van der Waals surface area contributed by atoms with E-state index in [0.717, 1.165) is 5.56 Å². The summed E-state index contributed by atoms with van der Waals surface area (Å²) < 4.78 is 1.62. The van der Waals surface area contributed by atoms with Gasteiger partial charge in [0.2, 0.25) is 0 Å². The summed E-state index contributed by atoms with van der Waals surface area (Å²) >= 11 is 0. The average molecular weight is 301 g/mol. The molecule has 0 aliphatic carbocycles. The van der Waals surface area contributed by atoms with Gasteiger partial charge in [-0.3, -0.25) is 9.48 Å². The minimum Gasteiger partial charge on any atom is -0.391 e. The Bertz CT molecular complexity index is 642. The first-order chi connectivity index (χ1) is 10.3. The first-order valence-corrected chi connectivity index (χ1v) is 7.34. The summed E-state index contributed by atoms with van der Waals surface area (Å²) in [4.78, 5) is 12.4. The molecule has 1 heterocycles. The Morgan fingerprint density at radius 1 is 1.32 bits per heavy atom. The van der Waals surface area contributed by atoms with Crippen molar-refractivity contribution in [1.82, 2.24) is 15.1 Å². The lowest BCUT2D eigenvalue weighted by atomic mass is 9.89. The van der Waals surface area contributed by atoms with Crippen molar-refractivity contribution < 1.29 is 9.90 Å². The van der Waals surface area contributed by atoms with Gasteiger partial charge in [0.25, 0.3) is 5.91 Å². The van der Waals surface area contributed by atoms with Crippen LogP contribution in [0.4, 0.5) is 0 Å². The van der Waals surface area contributed by atoms with Crippen molar-refractivity contribution in [2.45, 2.75) is 26.9 Å². The number of hydrogen-bond acceptors (Lipinski definition) is 3. The highest BCUT2D eigenvalue weighted by atomic mass is 16.3. The fourth-order valence-electron chi connectivity index (χ4n) is 2.05. The molecule has 22 heavy (non-hydrogen) atoms. The third kappa shape index (κ3) is 3.74. The number of carbonyl (C=O) groups is 1. The molecule has 1 unspecified atom stereocenters. The zero-order chi connectivity index (χ0) is 16.3. The molecule has 0 aliphatic rings. The lowest BCUT2D eigenvalue weighted by Gasteiger charge is -2.25. The maximum absolute atomic E-state index is 12.4. The first kappa shape index (κ1) is 16.2. The van der Waals surface area contributed by atoms with Crippen molar-refractivity contribution in [2.75, 3.05) is 6.54 Å². The van der Waals surface area contributed by atoms with Crippen molar-refractivity contribution in [2.24, 2.45) is 12.5 Å². The van der Waals surface area contributed by atoms with Crippen molar-refractivity contribution in [3.8, 4) is 11.3 Å². The molecule has 2 aromatic rings. The molecule has 0 fully saturated rings. The maximum Gasteiger partial charge on any atom is 0.255 e. The van der Waals surface area contributed by atoms with E-state index in [9.17, 15) is 9.90 Å². The van der Waals surface area contributed by atoms with Crippen molar-refractivity contribution >= 4 is 5.91 Å². The van der Waals surface area contributed by atoms with E-state index in [0.29, 0.717) is 11.3 Å². The molecular formula is C17H23N3O2. The highest BCUT2D eigenvalue weighted by molar-refractivity contribution is 5.99. The summed E-state index contributed by atoms with van der Waals surface area (Å²) in [5.74, 6) is -0.227. The normalized spacial score (nSPS) is 13.0. The van der Waals surface area contributed by atoms with Crippen molar-refractivity contribution in [1.29, 1.82) is 0 Å². The number of aromatic nitrogens is 2. The molecule has 0 bridgehead atoms. The van der Waals surface area contributed by atoms with Crippen molar-refractivity contribution in [3.63, 3.8) is 0 Å². The molecule has 2 N–H and O–H groups in total. The summed E-state index contributed by atoms with van der Waals surface area (Å²) in [6.07, 6.45) is 1.09. The van der Waals surface area contributed by atoms with Crippen LogP contribution in [0.3, 0.4) is 0 Å². The predicted molar refractivity (Wildman–Crippen MR) is 86.4 cm³/mol. The fourth-order valence-corrected chi connectivity index (χ4v) is 2.05. The van der Waals surface area contributed by atoms with Gasteiger partial charge in [0.15, 0.2) is 0 Å². The zero-order valence-electron chi connectivity index (χ0n) is 13.5. The molecule has 0 saturated heterocycles. The molecule has 0 saturated carbocycles. The largest absolute Gasteiger partial charge is 0.391 e. The molecule has 118 valence electrons. The lowest BCUT2D eigenvalue weighted by molar-refractivity contribution is 0.0587. The van der Waals surface area contributed by atoms with E-state index < -0.39 is 6.10 Å². The minimum absolute atomic E-state index is 0.214. The third-order valence-corrected chi connectivity index (χ3v) is 3.58. The van der Waals surface area contributed by atoms with Gasteiger partial charge in [-0.15, -0.1) is 0 Å². The second kappa shape index (κ2) is 6.32. The van der Waals surface area contributed by atoms with Gasteiger partial charge < -0.3 is 10.4 Å². The third-order valence-electron chi connectivity index (χ3n) is 3.58. The average Bonchev–Trinajstić information content (AvgIpc) is 2.86. The van der Waals surface area contributed by atoms with Crippen LogP contribution >= 0.6 is 0 Å². The van der Waals surface area contributed by atoms with Gasteiger partial charge in [-0.05, 0) is 5.41 Å². The predicted octanol–water partition coefficient (Wildman–Crippen LogP) is 2.22. The Balaban J connectivity index is 2.17. The molecule has 5 heteroatoms. The quantitative estimate of drug-likeness (QED) is 0.910. The number of amides is 1. The Morgan fingerprint density at radius 3 is 2.55 bits per heavy atom. The molecule has 1 atom stereocenters. The highest BCUT2D eigenvalue weighted by Crippen LogP contribution is 2.22. The molecule has 0 spiro atoms. The molecule has 1 amide bonds. The highest BCUT2D eigenvalue weighted by Gasteiger charge is 2.24. The topological polar surface area (TPSA) is 67.2 Å². The number of carbonyl (C=O) groups excluding carboxylic acids is 1. The van der Waals surface area contributed by atoms with E-state index in [1.165, 1.54) is 0 Å². The Labute approximate surface area is 131 Å². The number of aryl methyl sites for hydroxylation is 1. The smallest absolute Gasteiger partial charge is 0.255 e. The zero-order valence-corrected chi connectivity index (χ0v) is 13.5. The number of hydrogen-bond donors (Lipinski definition) is 2. The van der Waals surface area contributed by atoms with Gasteiger partial charge in [0, 0.05) is 25.4 Å². The molecule has 5 nitrogen and oxygen atoms in total. The van der Waals surface area contributed by atoms with E-state index in [2.05, 4.69) is 10.4 Å². The summed E-state index contributed by atoms with van der Waals surface area (Å²) in [7, 11) is 1.78. The Hall–Kier alpha value is -2.14. The van der Waals surface area contributed by atoms with Crippen LogP contribution in [0.5, 0.6) is 0 Å². The van der Waals surface area contributed by atoms with E-state index in [-0.39, 0.29) is 17.9 Å². The van der Waals surface area contributed by atoms with E-state index >= 15 is 0 Å². The van der Waals surface area contributed by atoms with Gasteiger partial charge in [0.05, 0.1) is 11.7 Å². The first-order valence-electron chi connectivity index (χ1n) is 7.34. The maximum atomic E-state index is 12.4. The van der Waals surface area contributed by atoms with Gasteiger partial charge in [0.1, 0.15) is 5.69 Å². The molecule has 1 aromatic heterocycles. The minimum atomic E-state index is -0.603. The monoisotopic (exact) mass is 301 g/mol. The number of benzene rings is 1. The summed E-state index contributed by atoms with van der Waals surface area (Å²) in [5, 5.41) is 17.2. The SMILES string of the molecule is Cn1cc(C(=O)NCC(O)C(C)(C)C)c(-c2ccccc2)n1. The molecule has 2 rings (SSSR count). The van der Waals surface area contributed by atoms with Crippen LogP contribution in [0, 0.1) is 5.41 Å². The number of nitrogens with zero attached hydrogens (tertiary/aromatic N) is 2. The second-order valence-electron chi connectivity index (χ2n) is 6.52. The van der Waals surface area contributed by atoms with Crippen LogP contribution in [-0.2, 0) is 7.05 Å². The van der Waals surface area contributed by atoms with Gasteiger partial charge in [-0.25, -0.2) is 0 Å². The van der Waals surface area contributed by atoms with E-state index in [1.54, 1.807) is 17.9 Å². The van der Waals surface area contributed by atoms with Gasteiger partial charge in [-0.1, -0.05) is 51.1 Å². The number of nitrogens with one attached hydrogen (secondary N) is 1. The number of aliphatic hydroxyl groups is 1. The Kier molecular flexibility index (Phi) is 4.66. The van der Waals surface area contributed by atoms with Crippen LogP contribution in [0.1, 0.15) is 31.1 Å². The standard InChI is InChI=1S/C17H23N3O2/c1-17(2,3)14(21)10-18-16(22)13-11-20(4)19-15(13)12-8-6-5-7-9-12/h5-9,11,14,21H,10H2,1-4H3,(H,18,22). The van der Waals surface area contributed by atoms with E-state index in [1.807, 2.05) is 51.1 Å². The van der Waals surface area contributed by atoms with Crippen LogP contribution in [0.25, 0.3) is 11.3 Å². The molecule has 0 radical (unpaired) electrons. The molecular weight excluding hydrogens is 278 g/mol. The van der Waals surface area contributed by atoms with Gasteiger partial charge >= 0.3 is 0 Å². The Morgan fingerprint density at radius 2 is 1.95 bits per heavy atom. The summed E-state index contributed by atoms with van der Waals surface area (Å²) in [6, 6.07) is 9.59.